The summed E-state index contributed by atoms with van der Waals surface area (Å²) in [7, 11) is -1.99. The molecule has 2 atom stereocenters. The zero-order chi connectivity index (χ0) is 14.2. The summed E-state index contributed by atoms with van der Waals surface area (Å²) in [5.41, 5.74) is 0. The minimum absolute atomic E-state index is 0.0169. The minimum Gasteiger partial charge on any atom is -0.389 e. The Kier molecular flexibility index (Phi) is 8.08. The molecule has 0 heterocycles. The van der Waals surface area contributed by atoms with Crippen LogP contribution in [-0.2, 0) is 19.6 Å². The summed E-state index contributed by atoms with van der Waals surface area (Å²) < 4.78 is 29.8. The molecule has 0 saturated carbocycles. The molecule has 7 nitrogen and oxygen atoms in total. The van der Waals surface area contributed by atoms with Gasteiger partial charge >= 0.3 is 0 Å². The maximum absolute atomic E-state index is 11.5. The number of rotatable bonds is 9. The second-order valence-electron chi connectivity index (χ2n) is 4.01. The number of nitrogens with one attached hydrogen (secondary N) is 2. The average Bonchev–Trinajstić information content (AvgIpc) is 2.25. The standard InChI is InChI=1S/C10H22N2O5S/c1-4-5-18(15,16)12-8(2)10(14)11-6-9(13)7-17-3/h8-9,12-13H,4-7H2,1-3H3,(H,11,14). The van der Waals surface area contributed by atoms with Gasteiger partial charge in [0.2, 0.25) is 15.9 Å². The Labute approximate surface area is 108 Å². The summed E-state index contributed by atoms with van der Waals surface area (Å²) in [4.78, 5) is 11.5. The van der Waals surface area contributed by atoms with Gasteiger partial charge in [-0.2, -0.15) is 0 Å². The average molecular weight is 282 g/mol. The van der Waals surface area contributed by atoms with Crippen LogP contribution in [0.15, 0.2) is 0 Å². The lowest BCUT2D eigenvalue weighted by molar-refractivity contribution is -0.122. The Morgan fingerprint density at radius 2 is 2.06 bits per heavy atom. The molecular weight excluding hydrogens is 260 g/mol. The highest BCUT2D eigenvalue weighted by atomic mass is 32.2. The van der Waals surface area contributed by atoms with Gasteiger partial charge in [0.25, 0.3) is 0 Å². The molecule has 0 aromatic heterocycles. The van der Waals surface area contributed by atoms with E-state index in [0.29, 0.717) is 6.42 Å². The highest BCUT2D eigenvalue weighted by Gasteiger charge is 2.19. The van der Waals surface area contributed by atoms with Crippen molar-refractivity contribution in [2.24, 2.45) is 0 Å². The van der Waals surface area contributed by atoms with Crippen LogP contribution in [0.5, 0.6) is 0 Å². The van der Waals surface area contributed by atoms with E-state index in [1.807, 2.05) is 0 Å². The highest BCUT2D eigenvalue weighted by molar-refractivity contribution is 7.89. The quantitative estimate of drug-likeness (QED) is 0.494. The molecule has 0 fully saturated rings. The zero-order valence-electron chi connectivity index (χ0n) is 11.0. The molecule has 0 saturated heterocycles. The molecule has 0 spiro atoms. The molecule has 18 heavy (non-hydrogen) atoms. The first kappa shape index (κ1) is 17.3. The molecule has 8 heteroatoms. The lowest BCUT2D eigenvalue weighted by Crippen LogP contribution is -2.47. The van der Waals surface area contributed by atoms with Gasteiger partial charge in [-0.15, -0.1) is 0 Å². The smallest absolute Gasteiger partial charge is 0.237 e. The first-order valence-corrected chi connectivity index (χ1v) is 7.42. The zero-order valence-corrected chi connectivity index (χ0v) is 11.8. The molecule has 0 aliphatic heterocycles. The van der Waals surface area contributed by atoms with Gasteiger partial charge in [-0.25, -0.2) is 13.1 Å². The number of carbonyl (C=O) groups is 1. The molecular formula is C10H22N2O5S. The highest BCUT2D eigenvalue weighted by Crippen LogP contribution is 1.93. The van der Waals surface area contributed by atoms with Gasteiger partial charge in [-0.05, 0) is 13.3 Å². The van der Waals surface area contributed by atoms with Crippen molar-refractivity contribution in [3.8, 4) is 0 Å². The largest absolute Gasteiger partial charge is 0.389 e. The Bertz CT molecular complexity index is 344. The van der Waals surface area contributed by atoms with Crippen LogP contribution in [-0.4, -0.2) is 57.6 Å². The molecule has 0 aliphatic rings. The number of amides is 1. The van der Waals surface area contributed by atoms with Gasteiger partial charge in [-0.3, -0.25) is 4.79 Å². The molecule has 0 radical (unpaired) electrons. The number of carbonyl (C=O) groups excluding carboxylic acids is 1. The number of aliphatic hydroxyl groups is 1. The summed E-state index contributed by atoms with van der Waals surface area (Å²) in [5, 5.41) is 11.8. The van der Waals surface area contributed by atoms with E-state index in [0.717, 1.165) is 0 Å². The summed E-state index contributed by atoms with van der Waals surface area (Å²) in [6.07, 6.45) is -0.325. The molecule has 0 rings (SSSR count). The van der Waals surface area contributed by atoms with E-state index in [2.05, 4.69) is 10.0 Å². The number of hydrogen-bond acceptors (Lipinski definition) is 5. The van der Waals surface area contributed by atoms with Crippen molar-refractivity contribution in [3.05, 3.63) is 0 Å². The first-order valence-electron chi connectivity index (χ1n) is 5.77. The molecule has 0 bridgehead atoms. The molecule has 0 aromatic carbocycles. The SMILES string of the molecule is CCCS(=O)(=O)NC(C)C(=O)NCC(O)COC. The van der Waals surface area contributed by atoms with Crippen molar-refractivity contribution in [1.29, 1.82) is 0 Å². The predicted molar refractivity (Wildman–Crippen MR) is 67.6 cm³/mol. The predicted octanol–water partition coefficient (Wildman–Crippen LogP) is -1.17. The van der Waals surface area contributed by atoms with Gasteiger partial charge in [0.05, 0.1) is 24.5 Å². The van der Waals surface area contributed by atoms with Crippen LogP contribution < -0.4 is 10.0 Å². The lowest BCUT2D eigenvalue weighted by atomic mass is 10.3. The Hall–Kier alpha value is -0.700. The van der Waals surface area contributed by atoms with E-state index in [9.17, 15) is 18.3 Å². The van der Waals surface area contributed by atoms with Gasteiger partial charge in [-0.1, -0.05) is 6.92 Å². The molecule has 3 N–H and O–H groups in total. The van der Waals surface area contributed by atoms with Crippen LogP contribution >= 0.6 is 0 Å². The monoisotopic (exact) mass is 282 g/mol. The Morgan fingerprint density at radius 3 is 2.56 bits per heavy atom. The lowest BCUT2D eigenvalue weighted by Gasteiger charge is -2.16. The fourth-order valence-corrected chi connectivity index (χ4v) is 2.57. The van der Waals surface area contributed by atoms with Crippen LogP contribution in [0, 0.1) is 0 Å². The number of aliphatic hydroxyl groups excluding tert-OH is 1. The number of methoxy groups -OCH3 is 1. The second-order valence-corrected chi connectivity index (χ2v) is 5.89. The molecule has 0 aliphatic carbocycles. The van der Waals surface area contributed by atoms with E-state index in [4.69, 9.17) is 4.74 Å². The topological polar surface area (TPSA) is 105 Å². The van der Waals surface area contributed by atoms with Gasteiger partial charge in [0.1, 0.15) is 0 Å². The number of ether oxygens (including phenoxy) is 1. The molecule has 1 amide bonds. The minimum atomic E-state index is -3.42. The van der Waals surface area contributed by atoms with Crippen LogP contribution in [0.1, 0.15) is 20.3 Å². The maximum atomic E-state index is 11.5. The van der Waals surface area contributed by atoms with Crippen molar-refractivity contribution >= 4 is 15.9 Å². The molecule has 2 unspecified atom stereocenters. The second kappa shape index (κ2) is 8.41. The first-order chi connectivity index (χ1) is 8.32. The van der Waals surface area contributed by atoms with Crippen LogP contribution in [0.3, 0.4) is 0 Å². The van der Waals surface area contributed by atoms with Gasteiger partial charge in [0.15, 0.2) is 0 Å². The normalized spacial score (nSPS) is 15.1. The van der Waals surface area contributed by atoms with Gasteiger partial charge in [0, 0.05) is 13.7 Å². The summed E-state index contributed by atoms with van der Waals surface area (Å²) >= 11 is 0. The van der Waals surface area contributed by atoms with E-state index in [1.54, 1.807) is 6.92 Å². The maximum Gasteiger partial charge on any atom is 0.237 e. The van der Waals surface area contributed by atoms with Gasteiger partial charge < -0.3 is 15.2 Å². The third-order valence-corrected chi connectivity index (χ3v) is 3.75. The third kappa shape index (κ3) is 7.59. The Balaban J connectivity index is 4.11. The van der Waals surface area contributed by atoms with Crippen molar-refractivity contribution in [1.82, 2.24) is 10.0 Å². The summed E-state index contributed by atoms with van der Waals surface area (Å²) in [5.74, 6) is -0.499. The number of hydrogen-bond donors (Lipinski definition) is 3. The Morgan fingerprint density at radius 1 is 1.44 bits per heavy atom. The fourth-order valence-electron chi connectivity index (χ4n) is 1.27. The van der Waals surface area contributed by atoms with Crippen molar-refractivity contribution < 1.29 is 23.1 Å². The summed E-state index contributed by atoms with van der Waals surface area (Å²) in [6, 6.07) is -0.865. The van der Waals surface area contributed by atoms with E-state index < -0.39 is 28.1 Å². The van der Waals surface area contributed by atoms with Crippen LogP contribution in [0.2, 0.25) is 0 Å². The van der Waals surface area contributed by atoms with Crippen LogP contribution in [0.4, 0.5) is 0 Å². The molecule has 0 aromatic rings. The van der Waals surface area contributed by atoms with Crippen molar-refractivity contribution in [2.75, 3.05) is 26.0 Å². The van der Waals surface area contributed by atoms with Crippen molar-refractivity contribution in [2.45, 2.75) is 32.4 Å². The third-order valence-electron chi connectivity index (χ3n) is 2.09. The van der Waals surface area contributed by atoms with E-state index in [1.165, 1.54) is 14.0 Å². The van der Waals surface area contributed by atoms with E-state index >= 15 is 0 Å². The number of sulfonamides is 1. The van der Waals surface area contributed by atoms with Crippen molar-refractivity contribution in [3.63, 3.8) is 0 Å². The van der Waals surface area contributed by atoms with E-state index in [-0.39, 0.29) is 18.9 Å². The molecule has 108 valence electrons. The summed E-state index contributed by atoms with van der Waals surface area (Å²) in [6.45, 7) is 3.32. The fraction of sp³-hybridized carbons (Fsp3) is 0.900. The van der Waals surface area contributed by atoms with Crippen LogP contribution in [0.25, 0.3) is 0 Å².